The molecule has 0 aliphatic carbocycles. The van der Waals surface area contributed by atoms with Crippen LogP contribution in [0.4, 0.5) is 5.95 Å². The highest BCUT2D eigenvalue weighted by atomic mass is 16.1. The van der Waals surface area contributed by atoms with E-state index in [0.29, 0.717) is 11.4 Å². The van der Waals surface area contributed by atoms with E-state index < -0.39 is 0 Å². The third-order valence-corrected chi connectivity index (χ3v) is 4.15. The number of piperidine rings is 1. The Balaban J connectivity index is 2.19. The van der Waals surface area contributed by atoms with Crippen LogP contribution >= 0.6 is 0 Å². The van der Waals surface area contributed by atoms with Gasteiger partial charge >= 0.3 is 0 Å². The lowest BCUT2D eigenvalue weighted by Crippen LogP contribution is -2.38. The molecule has 1 saturated heterocycles. The zero-order valence-corrected chi connectivity index (χ0v) is 12.6. The van der Waals surface area contributed by atoms with E-state index in [0.717, 1.165) is 36.7 Å². The minimum Gasteiger partial charge on any atom is -0.342 e. The summed E-state index contributed by atoms with van der Waals surface area (Å²) < 4.78 is 3.28. The smallest absolute Gasteiger partial charge is 0.280 e. The quantitative estimate of drug-likeness (QED) is 0.785. The molecule has 0 aromatic carbocycles. The van der Waals surface area contributed by atoms with E-state index in [9.17, 15) is 4.79 Å². The topological polar surface area (TPSA) is 56.0 Å². The third-order valence-electron chi connectivity index (χ3n) is 4.15. The Labute approximate surface area is 118 Å². The highest BCUT2D eigenvalue weighted by Crippen LogP contribution is 2.22. The van der Waals surface area contributed by atoms with Crippen molar-refractivity contribution in [3.8, 4) is 0 Å². The lowest BCUT2D eigenvalue weighted by Gasteiger charge is -2.32. The van der Waals surface area contributed by atoms with E-state index >= 15 is 0 Å². The maximum absolute atomic E-state index is 12.5. The van der Waals surface area contributed by atoms with E-state index in [1.54, 1.807) is 23.3 Å². The van der Waals surface area contributed by atoms with Crippen LogP contribution in [-0.2, 0) is 14.1 Å². The van der Waals surface area contributed by atoms with Crippen LogP contribution in [0.1, 0.15) is 25.5 Å². The van der Waals surface area contributed by atoms with Gasteiger partial charge in [-0.2, -0.15) is 5.10 Å². The number of aromatic nitrogens is 4. The molecule has 6 nitrogen and oxygen atoms in total. The van der Waals surface area contributed by atoms with Crippen molar-refractivity contribution in [2.45, 2.75) is 26.7 Å². The van der Waals surface area contributed by atoms with Gasteiger partial charge < -0.3 is 4.90 Å². The molecule has 0 unspecified atom stereocenters. The summed E-state index contributed by atoms with van der Waals surface area (Å²) in [6.45, 7) is 6.08. The van der Waals surface area contributed by atoms with Gasteiger partial charge in [-0.05, 0) is 25.7 Å². The van der Waals surface area contributed by atoms with Gasteiger partial charge in [0.25, 0.3) is 5.56 Å². The summed E-state index contributed by atoms with van der Waals surface area (Å²) in [7, 11) is 3.59. The molecule has 0 radical (unpaired) electrons. The zero-order chi connectivity index (χ0) is 14.4. The zero-order valence-electron chi connectivity index (χ0n) is 12.6. The fourth-order valence-electron chi connectivity index (χ4n) is 3.10. The third kappa shape index (κ3) is 1.90. The largest absolute Gasteiger partial charge is 0.342 e. The highest BCUT2D eigenvalue weighted by molar-refractivity contribution is 5.77. The predicted octanol–water partition coefficient (Wildman–Crippen LogP) is 1.21. The molecular weight excluding hydrogens is 254 g/mol. The molecule has 108 valence electrons. The summed E-state index contributed by atoms with van der Waals surface area (Å²) in [5, 5.41) is 4.32. The van der Waals surface area contributed by atoms with Crippen LogP contribution in [-0.4, -0.2) is 32.4 Å². The van der Waals surface area contributed by atoms with Gasteiger partial charge in [0.2, 0.25) is 5.95 Å². The molecule has 3 rings (SSSR count). The molecule has 1 fully saturated rings. The molecule has 0 spiro atoms. The standard InChI is InChI=1S/C14H21N5O/c1-9-6-5-7-19(8-9)14-15-11-10(2)16-18(4)12(11)13(20)17(14)3/h9H,5-8H2,1-4H3/t9-/m1/s1. The molecule has 1 aliphatic heterocycles. The van der Waals surface area contributed by atoms with Crippen molar-refractivity contribution in [3.05, 3.63) is 16.0 Å². The summed E-state index contributed by atoms with van der Waals surface area (Å²) >= 11 is 0. The number of anilines is 1. The van der Waals surface area contributed by atoms with Crippen LogP contribution < -0.4 is 10.5 Å². The summed E-state index contributed by atoms with van der Waals surface area (Å²) in [4.78, 5) is 19.5. The molecule has 2 aromatic heterocycles. The molecule has 1 aliphatic rings. The number of aryl methyl sites for hydroxylation is 2. The first-order valence-electron chi connectivity index (χ1n) is 7.14. The van der Waals surface area contributed by atoms with Crippen LogP contribution in [0.15, 0.2) is 4.79 Å². The Morgan fingerprint density at radius 2 is 2.05 bits per heavy atom. The van der Waals surface area contributed by atoms with Crippen LogP contribution in [0.3, 0.4) is 0 Å². The normalized spacial score (nSPS) is 19.8. The average Bonchev–Trinajstić information content (AvgIpc) is 2.68. The first kappa shape index (κ1) is 13.1. The average molecular weight is 275 g/mol. The summed E-state index contributed by atoms with van der Waals surface area (Å²) in [6, 6.07) is 0. The van der Waals surface area contributed by atoms with E-state index in [-0.39, 0.29) is 5.56 Å². The van der Waals surface area contributed by atoms with Crippen LogP contribution in [0, 0.1) is 12.8 Å². The van der Waals surface area contributed by atoms with Crippen molar-refractivity contribution < 1.29 is 0 Å². The van der Waals surface area contributed by atoms with Crippen molar-refractivity contribution in [2.24, 2.45) is 20.0 Å². The van der Waals surface area contributed by atoms with Gasteiger partial charge in [0.1, 0.15) is 5.52 Å². The molecule has 6 heteroatoms. The molecule has 20 heavy (non-hydrogen) atoms. The minimum atomic E-state index is -0.0219. The fraction of sp³-hybridized carbons (Fsp3) is 0.643. The van der Waals surface area contributed by atoms with Gasteiger partial charge in [0, 0.05) is 27.2 Å². The van der Waals surface area contributed by atoms with Gasteiger partial charge in [-0.3, -0.25) is 14.0 Å². The first-order chi connectivity index (χ1) is 9.49. The fourth-order valence-corrected chi connectivity index (χ4v) is 3.10. The molecule has 0 amide bonds. The van der Waals surface area contributed by atoms with Gasteiger partial charge in [-0.25, -0.2) is 4.98 Å². The monoisotopic (exact) mass is 275 g/mol. The Bertz CT molecular complexity index is 714. The van der Waals surface area contributed by atoms with E-state index in [1.165, 1.54) is 6.42 Å². The van der Waals surface area contributed by atoms with Gasteiger partial charge in [-0.1, -0.05) is 6.92 Å². The Morgan fingerprint density at radius 1 is 1.30 bits per heavy atom. The second-order valence-electron chi connectivity index (χ2n) is 5.88. The van der Waals surface area contributed by atoms with E-state index in [1.807, 2.05) is 6.92 Å². The van der Waals surface area contributed by atoms with Crippen molar-refractivity contribution >= 4 is 17.0 Å². The van der Waals surface area contributed by atoms with Crippen molar-refractivity contribution in [3.63, 3.8) is 0 Å². The molecule has 0 N–H and O–H groups in total. The highest BCUT2D eigenvalue weighted by Gasteiger charge is 2.22. The van der Waals surface area contributed by atoms with E-state index in [2.05, 4.69) is 16.9 Å². The number of hydrogen-bond acceptors (Lipinski definition) is 4. The summed E-state index contributed by atoms with van der Waals surface area (Å²) in [5.41, 5.74) is 2.10. The molecule has 2 aromatic rings. The number of rotatable bonds is 1. The molecule has 1 atom stereocenters. The molecule has 3 heterocycles. The second kappa shape index (κ2) is 4.61. The minimum absolute atomic E-state index is 0.0219. The first-order valence-corrected chi connectivity index (χ1v) is 7.14. The number of hydrogen-bond donors (Lipinski definition) is 0. The lowest BCUT2D eigenvalue weighted by molar-refractivity contribution is 0.438. The van der Waals surface area contributed by atoms with Crippen LogP contribution in [0.5, 0.6) is 0 Å². The van der Waals surface area contributed by atoms with Gasteiger partial charge in [0.15, 0.2) is 5.52 Å². The molecule has 0 saturated carbocycles. The summed E-state index contributed by atoms with van der Waals surface area (Å²) in [5.74, 6) is 1.41. The lowest BCUT2D eigenvalue weighted by atomic mass is 10.0. The SMILES string of the molecule is Cc1nn(C)c2c(=O)n(C)c(N3CCC[C@@H](C)C3)nc12. The van der Waals surface area contributed by atoms with Crippen molar-refractivity contribution in [2.75, 3.05) is 18.0 Å². The van der Waals surface area contributed by atoms with E-state index in [4.69, 9.17) is 4.98 Å². The summed E-state index contributed by atoms with van der Waals surface area (Å²) in [6.07, 6.45) is 2.40. The Kier molecular flexibility index (Phi) is 3.03. The van der Waals surface area contributed by atoms with Crippen LogP contribution in [0.2, 0.25) is 0 Å². The van der Waals surface area contributed by atoms with Gasteiger partial charge in [-0.15, -0.1) is 0 Å². The maximum Gasteiger partial charge on any atom is 0.280 e. The second-order valence-corrected chi connectivity index (χ2v) is 5.88. The predicted molar refractivity (Wildman–Crippen MR) is 79.1 cm³/mol. The van der Waals surface area contributed by atoms with Crippen molar-refractivity contribution in [1.29, 1.82) is 0 Å². The molecule has 0 bridgehead atoms. The number of fused-ring (bicyclic) bond motifs is 1. The van der Waals surface area contributed by atoms with Crippen molar-refractivity contribution in [1.82, 2.24) is 19.3 Å². The van der Waals surface area contributed by atoms with Crippen LogP contribution in [0.25, 0.3) is 11.0 Å². The number of nitrogens with zero attached hydrogens (tertiary/aromatic N) is 5. The van der Waals surface area contributed by atoms with Gasteiger partial charge in [0.05, 0.1) is 5.69 Å². The Morgan fingerprint density at radius 3 is 2.75 bits per heavy atom. The maximum atomic E-state index is 12.5. The molecular formula is C14H21N5O. The Hall–Kier alpha value is -1.85.